The monoisotopic (exact) mass is 337 g/mol. The van der Waals surface area contributed by atoms with E-state index in [0.717, 1.165) is 12.1 Å². The van der Waals surface area contributed by atoms with E-state index in [0.29, 0.717) is 12.0 Å². The minimum absolute atomic E-state index is 0.221. The van der Waals surface area contributed by atoms with Crippen molar-refractivity contribution in [3.63, 3.8) is 0 Å². The fourth-order valence-electron chi connectivity index (χ4n) is 1.57. The van der Waals surface area contributed by atoms with E-state index in [1.165, 1.54) is 6.20 Å². The molecule has 0 unspecified atom stereocenters. The van der Waals surface area contributed by atoms with Gasteiger partial charge in [0, 0.05) is 5.56 Å². The van der Waals surface area contributed by atoms with Crippen LogP contribution in [-0.4, -0.2) is 18.6 Å². The molecule has 1 aromatic carbocycles. The standard InChI is InChI=1S/C11H10Cl2FN3O2S/c1-2-6-5-15-16-11(6)17-20(18,19)8-4-3-7(12)10(14)9(8)13/h3-5H,2H2,1H3,(H2,15,16,17). The van der Waals surface area contributed by atoms with Crippen molar-refractivity contribution in [1.82, 2.24) is 10.2 Å². The summed E-state index contributed by atoms with van der Waals surface area (Å²) in [6.45, 7) is 1.84. The van der Waals surface area contributed by atoms with E-state index in [4.69, 9.17) is 23.2 Å². The summed E-state index contributed by atoms with van der Waals surface area (Å²) in [5, 5.41) is 5.47. The van der Waals surface area contributed by atoms with Crippen LogP contribution in [0.15, 0.2) is 23.2 Å². The van der Waals surface area contributed by atoms with Crippen LogP contribution in [0.1, 0.15) is 12.5 Å². The van der Waals surface area contributed by atoms with Crippen LogP contribution in [0.3, 0.4) is 0 Å². The second-order valence-corrected chi connectivity index (χ2v) is 6.34. The summed E-state index contributed by atoms with van der Waals surface area (Å²) in [7, 11) is -4.04. The lowest BCUT2D eigenvalue weighted by Gasteiger charge is -2.10. The third-order valence-electron chi connectivity index (χ3n) is 2.62. The van der Waals surface area contributed by atoms with Gasteiger partial charge in [0.1, 0.15) is 10.7 Å². The number of H-pyrrole nitrogens is 1. The summed E-state index contributed by atoms with van der Waals surface area (Å²) in [4.78, 5) is -0.391. The fourth-order valence-corrected chi connectivity index (χ4v) is 3.38. The van der Waals surface area contributed by atoms with Gasteiger partial charge < -0.3 is 0 Å². The van der Waals surface area contributed by atoms with Gasteiger partial charge in [-0.15, -0.1) is 0 Å². The molecule has 0 aliphatic rings. The molecular weight excluding hydrogens is 328 g/mol. The van der Waals surface area contributed by atoms with Gasteiger partial charge in [-0.2, -0.15) is 5.10 Å². The topological polar surface area (TPSA) is 74.8 Å². The van der Waals surface area contributed by atoms with Crippen molar-refractivity contribution in [1.29, 1.82) is 0 Å². The van der Waals surface area contributed by atoms with Gasteiger partial charge in [0.2, 0.25) is 0 Å². The summed E-state index contributed by atoms with van der Waals surface area (Å²) in [6, 6.07) is 2.27. The largest absolute Gasteiger partial charge is 0.264 e. The lowest BCUT2D eigenvalue weighted by molar-refractivity contribution is 0.595. The van der Waals surface area contributed by atoms with Crippen LogP contribution < -0.4 is 4.72 Å². The molecule has 9 heteroatoms. The average molecular weight is 338 g/mol. The molecule has 0 radical (unpaired) electrons. The summed E-state index contributed by atoms with van der Waals surface area (Å²) >= 11 is 11.2. The zero-order chi connectivity index (χ0) is 14.9. The Bertz CT molecular complexity index is 746. The SMILES string of the molecule is CCc1cn[nH]c1NS(=O)(=O)c1ccc(Cl)c(F)c1Cl. The number of hydrogen-bond donors (Lipinski definition) is 2. The molecule has 0 amide bonds. The zero-order valence-electron chi connectivity index (χ0n) is 10.2. The molecule has 0 saturated carbocycles. The Kier molecular flexibility index (Phi) is 4.22. The third kappa shape index (κ3) is 2.74. The second-order valence-electron chi connectivity index (χ2n) is 3.90. The van der Waals surface area contributed by atoms with Crippen LogP contribution in [0.5, 0.6) is 0 Å². The lowest BCUT2D eigenvalue weighted by atomic mass is 10.3. The van der Waals surface area contributed by atoms with E-state index in [9.17, 15) is 12.8 Å². The van der Waals surface area contributed by atoms with Crippen LogP contribution in [0.25, 0.3) is 0 Å². The Morgan fingerprint density at radius 1 is 1.40 bits per heavy atom. The minimum Gasteiger partial charge on any atom is -0.263 e. The first-order valence-corrected chi connectivity index (χ1v) is 7.79. The van der Waals surface area contributed by atoms with Gasteiger partial charge in [-0.05, 0) is 18.6 Å². The highest BCUT2D eigenvalue weighted by molar-refractivity contribution is 7.92. The number of benzene rings is 1. The van der Waals surface area contributed by atoms with E-state index in [1.54, 1.807) is 0 Å². The molecule has 1 aromatic heterocycles. The number of rotatable bonds is 4. The molecule has 0 bridgehead atoms. The van der Waals surface area contributed by atoms with Gasteiger partial charge in [0.25, 0.3) is 10.0 Å². The Balaban J connectivity index is 2.44. The Labute approximate surface area is 125 Å². The highest BCUT2D eigenvalue weighted by atomic mass is 35.5. The quantitative estimate of drug-likeness (QED) is 0.841. The zero-order valence-corrected chi connectivity index (χ0v) is 12.6. The number of aromatic nitrogens is 2. The first-order valence-electron chi connectivity index (χ1n) is 5.55. The number of aromatic amines is 1. The molecule has 5 nitrogen and oxygen atoms in total. The Morgan fingerprint density at radius 2 is 2.10 bits per heavy atom. The van der Waals surface area contributed by atoms with Crippen LogP contribution >= 0.6 is 23.2 Å². The van der Waals surface area contributed by atoms with Crippen molar-refractivity contribution in [2.24, 2.45) is 0 Å². The Morgan fingerprint density at radius 3 is 2.75 bits per heavy atom. The van der Waals surface area contributed by atoms with Crippen molar-refractivity contribution in [3.8, 4) is 0 Å². The van der Waals surface area contributed by atoms with E-state index >= 15 is 0 Å². The predicted molar refractivity (Wildman–Crippen MR) is 75.2 cm³/mol. The number of nitrogens with zero attached hydrogens (tertiary/aromatic N) is 1. The van der Waals surface area contributed by atoms with Crippen molar-refractivity contribution in [2.75, 3.05) is 4.72 Å². The Hall–Kier alpha value is -1.31. The molecule has 20 heavy (non-hydrogen) atoms. The van der Waals surface area contributed by atoms with Gasteiger partial charge in [0.05, 0.1) is 16.2 Å². The smallest absolute Gasteiger partial charge is 0.263 e. The van der Waals surface area contributed by atoms with Crippen LogP contribution in [0.4, 0.5) is 10.2 Å². The normalized spacial score (nSPS) is 11.6. The molecule has 0 atom stereocenters. The molecule has 0 aliphatic heterocycles. The number of nitrogens with one attached hydrogen (secondary N) is 2. The van der Waals surface area contributed by atoms with E-state index < -0.39 is 25.8 Å². The van der Waals surface area contributed by atoms with Gasteiger partial charge >= 0.3 is 0 Å². The minimum atomic E-state index is -4.04. The van der Waals surface area contributed by atoms with Gasteiger partial charge in [-0.1, -0.05) is 30.1 Å². The summed E-state index contributed by atoms with van der Waals surface area (Å²) in [6.07, 6.45) is 2.08. The number of hydrogen-bond acceptors (Lipinski definition) is 3. The number of anilines is 1. The van der Waals surface area contributed by atoms with E-state index in [-0.39, 0.29) is 10.8 Å². The van der Waals surface area contributed by atoms with Crippen molar-refractivity contribution in [2.45, 2.75) is 18.2 Å². The van der Waals surface area contributed by atoms with Gasteiger partial charge in [-0.25, -0.2) is 12.8 Å². The highest BCUT2D eigenvalue weighted by Crippen LogP contribution is 2.30. The molecule has 2 aromatic rings. The van der Waals surface area contributed by atoms with Gasteiger partial charge in [0.15, 0.2) is 5.82 Å². The van der Waals surface area contributed by atoms with E-state index in [1.807, 2.05) is 6.92 Å². The number of halogens is 3. The molecule has 0 spiro atoms. The second kappa shape index (κ2) is 5.59. The first-order chi connectivity index (χ1) is 9.36. The predicted octanol–water partition coefficient (Wildman–Crippen LogP) is 3.22. The fraction of sp³-hybridized carbons (Fsp3) is 0.182. The van der Waals surface area contributed by atoms with Gasteiger partial charge in [-0.3, -0.25) is 9.82 Å². The number of sulfonamides is 1. The average Bonchev–Trinajstić information content (AvgIpc) is 2.82. The molecule has 0 aliphatic carbocycles. The lowest BCUT2D eigenvalue weighted by Crippen LogP contribution is -2.15. The molecule has 108 valence electrons. The van der Waals surface area contributed by atoms with Crippen molar-refractivity contribution < 1.29 is 12.8 Å². The first kappa shape index (κ1) is 15.1. The maximum Gasteiger partial charge on any atom is 0.264 e. The summed E-state index contributed by atoms with van der Waals surface area (Å²) in [5.74, 6) is -0.754. The van der Waals surface area contributed by atoms with Crippen LogP contribution in [-0.2, 0) is 16.4 Å². The molecule has 0 fully saturated rings. The van der Waals surface area contributed by atoms with Crippen LogP contribution in [0.2, 0.25) is 10.0 Å². The van der Waals surface area contributed by atoms with E-state index in [2.05, 4.69) is 14.9 Å². The molecule has 2 rings (SSSR count). The molecule has 1 heterocycles. The summed E-state index contributed by atoms with van der Waals surface area (Å²) in [5.41, 5.74) is 0.680. The molecule has 0 saturated heterocycles. The highest BCUT2D eigenvalue weighted by Gasteiger charge is 2.23. The maximum atomic E-state index is 13.6. The van der Waals surface area contributed by atoms with Crippen LogP contribution in [0, 0.1) is 5.82 Å². The number of aryl methyl sites for hydroxylation is 1. The maximum absolute atomic E-state index is 13.6. The molecule has 2 N–H and O–H groups in total. The molecular formula is C11H10Cl2FN3O2S. The van der Waals surface area contributed by atoms with Crippen molar-refractivity contribution in [3.05, 3.63) is 39.8 Å². The third-order valence-corrected chi connectivity index (χ3v) is 4.79. The summed E-state index contributed by atoms with van der Waals surface area (Å²) < 4.78 is 40.2. The van der Waals surface area contributed by atoms with Crippen molar-refractivity contribution >= 4 is 39.0 Å².